The molecule has 5 heteroatoms. The second kappa shape index (κ2) is 5.16. The highest BCUT2D eigenvalue weighted by molar-refractivity contribution is 5.94. The average Bonchev–Trinajstić information content (AvgIpc) is 2.38. The van der Waals surface area contributed by atoms with Crippen LogP contribution < -0.4 is 5.73 Å². The minimum absolute atomic E-state index is 0.0506. The first-order valence-corrected chi connectivity index (χ1v) is 5.97. The van der Waals surface area contributed by atoms with E-state index < -0.39 is 5.82 Å². The number of halogens is 1. The quantitative estimate of drug-likeness (QED) is 0.617. The first kappa shape index (κ1) is 12.5. The molecular weight excluding hydrogens is 233 g/mol. The number of carbonyl (C=O) groups is 1. The van der Waals surface area contributed by atoms with Gasteiger partial charge in [-0.2, -0.15) is 0 Å². The van der Waals surface area contributed by atoms with Gasteiger partial charge in [-0.25, -0.2) is 4.39 Å². The van der Waals surface area contributed by atoms with Crippen LogP contribution in [0.1, 0.15) is 23.2 Å². The van der Waals surface area contributed by atoms with Gasteiger partial charge in [0.1, 0.15) is 5.82 Å². The highest BCUT2D eigenvalue weighted by Gasteiger charge is 2.26. The van der Waals surface area contributed by atoms with Crippen LogP contribution in [0, 0.1) is 17.1 Å². The minimum Gasteiger partial charge on any atom is -0.387 e. The molecule has 1 aromatic carbocycles. The highest BCUT2D eigenvalue weighted by Crippen LogP contribution is 2.19. The molecule has 0 bridgehead atoms. The number of nitrogens with two attached hydrogens (primary N) is 1. The van der Waals surface area contributed by atoms with Crippen molar-refractivity contribution in [1.82, 2.24) is 4.90 Å². The van der Waals surface area contributed by atoms with E-state index >= 15 is 0 Å². The number of nitrogens with one attached hydrogen (secondary N) is 1. The van der Waals surface area contributed by atoms with Crippen molar-refractivity contribution in [1.29, 1.82) is 5.41 Å². The maximum atomic E-state index is 13.5. The molecule has 1 saturated heterocycles. The summed E-state index contributed by atoms with van der Waals surface area (Å²) in [5, 5.41) is 7.37. The molecule has 1 aliphatic rings. The van der Waals surface area contributed by atoms with Gasteiger partial charge in [-0.3, -0.25) is 10.2 Å². The Balaban J connectivity index is 2.04. The molecule has 0 aliphatic carbocycles. The van der Waals surface area contributed by atoms with Crippen LogP contribution in [0.3, 0.4) is 0 Å². The number of hydrogen-bond acceptors (Lipinski definition) is 2. The summed E-state index contributed by atoms with van der Waals surface area (Å²) in [4.78, 5) is 13.7. The Morgan fingerprint density at radius 1 is 1.33 bits per heavy atom. The van der Waals surface area contributed by atoms with Crippen LogP contribution in [-0.2, 0) is 0 Å². The highest BCUT2D eigenvalue weighted by atomic mass is 19.1. The molecule has 0 saturated carbocycles. The number of nitrogens with zero attached hydrogens (tertiary/aromatic N) is 1. The van der Waals surface area contributed by atoms with Crippen LogP contribution in [0.2, 0.25) is 0 Å². The molecular formula is C13H16FN3O. The summed E-state index contributed by atoms with van der Waals surface area (Å²) < 4.78 is 13.5. The molecule has 2 rings (SSSR count). The van der Waals surface area contributed by atoms with Crippen molar-refractivity contribution in [2.24, 2.45) is 11.7 Å². The monoisotopic (exact) mass is 249 g/mol. The Morgan fingerprint density at radius 2 is 1.94 bits per heavy atom. The fraction of sp³-hybridized carbons (Fsp3) is 0.385. The Kier molecular flexibility index (Phi) is 3.60. The molecule has 0 radical (unpaired) electrons. The lowest BCUT2D eigenvalue weighted by Gasteiger charge is -2.31. The SMILES string of the molecule is N=C(N)C1CCN(C(=O)c2ccccc2F)CC1. The van der Waals surface area contributed by atoms with E-state index in [0.29, 0.717) is 25.9 Å². The van der Waals surface area contributed by atoms with Crippen molar-refractivity contribution in [2.75, 3.05) is 13.1 Å². The molecule has 1 aromatic rings. The zero-order valence-corrected chi connectivity index (χ0v) is 10.0. The van der Waals surface area contributed by atoms with E-state index in [1.807, 2.05) is 0 Å². The molecule has 0 aromatic heterocycles. The van der Waals surface area contributed by atoms with Crippen LogP contribution in [0.4, 0.5) is 4.39 Å². The molecule has 18 heavy (non-hydrogen) atoms. The second-order valence-corrected chi connectivity index (χ2v) is 4.50. The summed E-state index contributed by atoms with van der Waals surface area (Å²) >= 11 is 0. The smallest absolute Gasteiger partial charge is 0.256 e. The number of amidine groups is 1. The van der Waals surface area contributed by atoms with E-state index in [-0.39, 0.29) is 23.2 Å². The lowest BCUT2D eigenvalue weighted by atomic mass is 9.95. The molecule has 96 valence electrons. The predicted molar refractivity (Wildman–Crippen MR) is 66.9 cm³/mol. The van der Waals surface area contributed by atoms with Crippen molar-refractivity contribution in [3.8, 4) is 0 Å². The average molecular weight is 249 g/mol. The third-order valence-electron chi connectivity index (χ3n) is 3.33. The lowest BCUT2D eigenvalue weighted by molar-refractivity contribution is 0.0705. The second-order valence-electron chi connectivity index (χ2n) is 4.50. The van der Waals surface area contributed by atoms with Gasteiger partial charge in [0.15, 0.2) is 0 Å². The molecule has 1 aliphatic heterocycles. The van der Waals surface area contributed by atoms with Gasteiger partial charge in [-0.15, -0.1) is 0 Å². The summed E-state index contributed by atoms with van der Waals surface area (Å²) in [7, 11) is 0. The van der Waals surface area contributed by atoms with Crippen LogP contribution >= 0.6 is 0 Å². The Labute approximate surface area is 105 Å². The summed E-state index contributed by atoms with van der Waals surface area (Å²) in [5.41, 5.74) is 5.55. The predicted octanol–water partition coefficient (Wildman–Crippen LogP) is 1.61. The third-order valence-corrected chi connectivity index (χ3v) is 3.33. The summed E-state index contributed by atoms with van der Waals surface area (Å²) in [6.07, 6.45) is 1.35. The van der Waals surface area contributed by atoms with E-state index in [1.165, 1.54) is 12.1 Å². The Hall–Kier alpha value is -1.91. The van der Waals surface area contributed by atoms with Crippen LogP contribution in [0.5, 0.6) is 0 Å². The zero-order chi connectivity index (χ0) is 13.1. The fourth-order valence-corrected chi connectivity index (χ4v) is 2.20. The molecule has 4 nitrogen and oxygen atoms in total. The first-order valence-electron chi connectivity index (χ1n) is 5.97. The number of amides is 1. The topological polar surface area (TPSA) is 70.2 Å². The number of hydrogen-bond donors (Lipinski definition) is 2. The molecule has 1 fully saturated rings. The van der Waals surface area contributed by atoms with Gasteiger partial charge in [0, 0.05) is 19.0 Å². The number of likely N-dealkylation sites (tertiary alicyclic amines) is 1. The van der Waals surface area contributed by atoms with Crippen molar-refractivity contribution >= 4 is 11.7 Å². The van der Waals surface area contributed by atoms with Crippen molar-refractivity contribution < 1.29 is 9.18 Å². The van der Waals surface area contributed by atoms with Crippen molar-refractivity contribution in [3.05, 3.63) is 35.6 Å². The minimum atomic E-state index is -0.490. The molecule has 0 atom stereocenters. The van der Waals surface area contributed by atoms with Crippen molar-refractivity contribution in [2.45, 2.75) is 12.8 Å². The Bertz CT molecular complexity index is 467. The molecule has 0 unspecified atom stereocenters. The van der Waals surface area contributed by atoms with Crippen molar-refractivity contribution in [3.63, 3.8) is 0 Å². The van der Waals surface area contributed by atoms with Gasteiger partial charge < -0.3 is 10.6 Å². The fourth-order valence-electron chi connectivity index (χ4n) is 2.20. The van der Waals surface area contributed by atoms with E-state index in [0.717, 1.165) is 0 Å². The Morgan fingerprint density at radius 3 is 2.50 bits per heavy atom. The molecule has 1 heterocycles. The van der Waals surface area contributed by atoms with E-state index in [9.17, 15) is 9.18 Å². The van der Waals surface area contributed by atoms with Gasteiger partial charge in [-0.05, 0) is 25.0 Å². The maximum absolute atomic E-state index is 13.5. The van der Waals surface area contributed by atoms with Crippen LogP contribution in [0.25, 0.3) is 0 Å². The largest absolute Gasteiger partial charge is 0.387 e. The summed E-state index contributed by atoms with van der Waals surface area (Å²) in [6, 6.07) is 6.00. The number of rotatable bonds is 2. The number of piperidine rings is 1. The van der Waals surface area contributed by atoms with Gasteiger partial charge in [0.2, 0.25) is 0 Å². The van der Waals surface area contributed by atoms with Gasteiger partial charge >= 0.3 is 0 Å². The van der Waals surface area contributed by atoms with E-state index in [4.69, 9.17) is 11.1 Å². The normalized spacial score (nSPS) is 16.6. The zero-order valence-electron chi connectivity index (χ0n) is 10.0. The molecule has 1 amide bonds. The summed E-state index contributed by atoms with van der Waals surface area (Å²) in [5.74, 6) is -0.547. The number of carbonyl (C=O) groups excluding carboxylic acids is 1. The van der Waals surface area contributed by atoms with E-state index in [2.05, 4.69) is 0 Å². The molecule has 3 N–H and O–H groups in total. The first-order chi connectivity index (χ1) is 8.59. The van der Waals surface area contributed by atoms with E-state index in [1.54, 1.807) is 17.0 Å². The van der Waals surface area contributed by atoms with Gasteiger partial charge in [-0.1, -0.05) is 12.1 Å². The standard InChI is InChI=1S/C13H16FN3O/c14-11-4-2-1-3-10(11)13(18)17-7-5-9(6-8-17)12(15)16/h1-4,9H,5-8H2,(H3,15,16). The summed E-state index contributed by atoms with van der Waals surface area (Å²) in [6.45, 7) is 1.05. The lowest BCUT2D eigenvalue weighted by Crippen LogP contribution is -2.41. The number of benzene rings is 1. The molecule has 0 spiro atoms. The van der Waals surface area contributed by atoms with Crippen LogP contribution in [-0.4, -0.2) is 29.7 Å². The third kappa shape index (κ3) is 2.50. The van der Waals surface area contributed by atoms with Gasteiger partial charge in [0.05, 0.1) is 11.4 Å². The van der Waals surface area contributed by atoms with Crippen LogP contribution in [0.15, 0.2) is 24.3 Å². The van der Waals surface area contributed by atoms with Gasteiger partial charge in [0.25, 0.3) is 5.91 Å². The maximum Gasteiger partial charge on any atom is 0.256 e.